The van der Waals surface area contributed by atoms with E-state index in [2.05, 4.69) is 11.2 Å². The minimum Gasteiger partial charge on any atom is -0.310 e. The second-order valence-corrected chi connectivity index (χ2v) is 3.60. The van der Waals surface area contributed by atoms with E-state index in [9.17, 15) is 4.79 Å². The van der Waals surface area contributed by atoms with Gasteiger partial charge in [0.15, 0.2) is 0 Å². The number of rotatable bonds is 6. The van der Waals surface area contributed by atoms with Crippen LogP contribution in [0.4, 0.5) is 5.69 Å². The second kappa shape index (κ2) is 7.89. The lowest BCUT2D eigenvalue weighted by Crippen LogP contribution is -2.39. The molecular formula is C14H15N3O. The zero-order valence-electron chi connectivity index (χ0n) is 10.1. The Labute approximate surface area is 107 Å². The van der Waals surface area contributed by atoms with Gasteiger partial charge < -0.3 is 4.90 Å². The van der Waals surface area contributed by atoms with Gasteiger partial charge in [-0.25, -0.2) is 0 Å². The Morgan fingerprint density at radius 3 is 2.72 bits per heavy atom. The van der Waals surface area contributed by atoms with E-state index in [0.29, 0.717) is 19.5 Å². The molecule has 1 aromatic rings. The van der Waals surface area contributed by atoms with Crippen molar-refractivity contribution in [2.75, 3.05) is 24.5 Å². The molecule has 1 rings (SSSR count). The summed E-state index contributed by atoms with van der Waals surface area (Å²) in [4.78, 5) is 13.6. The lowest BCUT2D eigenvalue weighted by atomic mass is 10.2. The Balaban J connectivity index is 2.70. The first-order valence-electron chi connectivity index (χ1n) is 5.66. The average molecular weight is 241 g/mol. The molecule has 0 radical (unpaired) electrons. The zero-order valence-corrected chi connectivity index (χ0v) is 10.1. The number of nitrogens with zero attached hydrogens (tertiary/aromatic N) is 2. The summed E-state index contributed by atoms with van der Waals surface area (Å²) in [5.74, 6) is 2.32. The van der Waals surface area contributed by atoms with E-state index < -0.39 is 0 Å². The van der Waals surface area contributed by atoms with Gasteiger partial charge in [0.25, 0.3) is 0 Å². The summed E-state index contributed by atoms with van der Waals surface area (Å²) in [5, 5.41) is 11.5. The highest BCUT2D eigenvalue weighted by molar-refractivity contribution is 5.94. The van der Waals surface area contributed by atoms with Crippen molar-refractivity contribution in [3.05, 3.63) is 30.3 Å². The summed E-state index contributed by atoms with van der Waals surface area (Å²) in [6.07, 6.45) is 5.40. The van der Waals surface area contributed by atoms with Gasteiger partial charge in [0.05, 0.1) is 25.6 Å². The van der Waals surface area contributed by atoms with Crippen molar-refractivity contribution in [1.29, 1.82) is 5.26 Å². The number of amides is 1. The maximum Gasteiger partial charge on any atom is 0.240 e. The van der Waals surface area contributed by atoms with E-state index >= 15 is 0 Å². The standard InChI is InChI=1S/C14H15N3O/c1-2-10-16-12-14(18)17(11-6-9-15)13-7-4-3-5-8-13/h1,3-5,7-8,16H,6,10-12H2. The van der Waals surface area contributed by atoms with E-state index in [-0.39, 0.29) is 12.5 Å². The lowest BCUT2D eigenvalue weighted by molar-refractivity contribution is -0.117. The molecule has 4 heteroatoms. The smallest absolute Gasteiger partial charge is 0.240 e. The van der Waals surface area contributed by atoms with Gasteiger partial charge in [-0.05, 0) is 12.1 Å². The van der Waals surface area contributed by atoms with E-state index in [0.717, 1.165) is 5.69 Å². The van der Waals surface area contributed by atoms with Crippen LogP contribution < -0.4 is 10.2 Å². The summed E-state index contributed by atoms with van der Waals surface area (Å²) < 4.78 is 0. The summed E-state index contributed by atoms with van der Waals surface area (Å²) in [6, 6.07) is 11.3. The summed E-state index contributed by atoms with van der Waals surface area (Å²) in [5.41, 5.74) is 0.792. The molecule has 0 saturated heterocycles. The van der Waals surface area contributed by atoms with Crippen molar-refractivity contribution in [3.8, 4) is 18.4 Å². The highest BCUT2D eigenvalue weighted by Gasteiger charge is 2.14. The first-order chi connectivity index (χ1) is 8.79. The second-order valence-electron chi connectivity index (χ2n) is 3.60. The van der Waals surface area contributed by atoms with Crippen LogP contribution in [0.5, 0.6) is 0 Å². The summed E-state index contributed by atoms with van der Waals surface area (Å²) >= 11 is 0. The molecule has 0 saturated carbocycles. The number of terminal acetylenes is 1. The molecular weight excluding hydrogens is 226 g/mol. The Bertz CT molecular complexity index is 456. The first-order valence-corrected chi connectivity index (χ1v) is 5.66. The SMILES string of the molecule is C#CCNCC(=O)N(CCC#N)c1ccccc1. The topological polar surface area (TPSA) is 56.1 Å². The molecule has 0 spiro atoms. The zero-order chi connectivity index (χ0) is 13.2. The normalized spacial score (nSPS) is 9.22. The molecule has 0 aliphatic rings. The van der Waals surface area contributed by atoms with Crippen LogP contribution in [0.1, 0.15) is 6.42 Å². The van der Waals surface area contributed by atoms with Gasteiger partial charge in [0.2, 0.25) is 5.91 Å². The number of para-hydroxylation sites is 1. The highest BCUT2D eigenvalue weighted by atomic mass is 16.2. The number of hydrogen-bond acceptors (Lipinski definition) is 3. The van der Waals surface area contributed by atoms with Crippen LogP contribution in [-0.4, -0.2) is 25.5 Å². The maximum atomic E-state index is 12.0. The predicted molar refractivity (Wildman–Crippen MR) is 70.7 cm³/mol. The van der Waals surface area contributed by atoms with E-state index in [1.165, 1.54) is 0 Å². The molecule has 4 nitrogen and oxygen atoms in total. The molecule has 1 N–H and O–H groups in total. The highest BCUT2D eigenvalue weighted by Crippen LogP contribution is 2.13. The van der Waals surface area contributed by atoms with Gasteiger partial charge >= 0.3 is 0 Å². The molecule has 0 heterocycles. The molecule has 92 valence electrons. The number of carbonyl (C=O) groups excluding carboxylic acids is 1. The summed E-state index contributed by atoms with van der Waals surface area (Å²) in [6.45, 7) is 0.911. The minimum atomic E-state index is -0.0910. The summed E-state index contributed by atoms with van der Waals surface area (Å²) in [7, 11) is 0. The van der Waals surface area contributed by atoms with Crippen LogP contribution in [0, 0.1) is 23.7 Å². The van der Waals surface area contributed by atoms with E-state index in [1.807, 2.05) is 36.4 Å². The maximum absolute atomic E-state index is 12.0. The number of nitriles is 1. The molecule has 1 amide bonds. The number of carbonyl (C=O) groups is 1. The first kappa shape index (κ1) is 13.8. The Morgan fingerprint density at radius 1 is 1.39 bits per heavy atom. The van der Waals surface area contributed by atoms with Crippen molar-refractivity contribution < 1.29 is 4.79 Å². The monoisotopic (exact) mass is 241 g/mol. The van der Waals surface area contributed by atoms with Gasteiger partial charge in [0.1, 0.15) is 0 Å². The van der Waals surface area contributed by atoms with Crippen molar-refractivity contribution in [3.63, 3.8) is 0 Å². The number of benzene rings is 1. The van der Waals surface area contributed by atoms with Crippen molar-refractivity contribution in [1.82, 2.24) is 5.32 Å². The van der Waals surface area contributed by atoms with Crippen LogP contribution in [0.2, 0.25) is 0 Å². The number of nitrogens with one attached hydrogen (secondary N) is 1. The molecule has 0 atom stereocenters. The number of anilines is 1. The Kier molecular flexibility index (Phi) is 6.03. The van der Waals surface area contributed by atoms with Crippen molar-refractivity contribution >= 4 is 11.6 Å². The van der Waals surface area contributed by atoms with Crippen LogP contribution in [-0.2, 0) is 4.79 Å². The molecule has 0 fully saturated rings. The van der Waals surface area contributed by atoms with Gasteiger partial charge in [-0.15, -0.1) is 6.42 Å². The van der Waals surface area contributed by atoms with Crippen molar-refractivity contribution in [2.45, 2.75) is 6.42 Å². The van der Waals surface area contributed by atoms with Crippen LogP contribution >= 0.6 is 0 Å². The molecule has 1 aromatic carbocycles. The van der Waals surface area contributed by atoms with Gasteiger partial charge in [-0.2, -0.15) is 5.26 Å². The minimum absolute atomic E-state index is 0.0910. The average Bonchev–Trinajstić information content (AvgIpc) is 2.41. The molecule has 0 aromatic heterocycles. The molecule has 0 aliphatic carbocycles. The van der Waals surface area contributed by atoms with Gasteiger partial charge in [0, 0.05) is 12.2 Å². The molecule has 0 unspecified atom stereocenters. The third-order valence-corrected chi connectivity index (χ3v) is 2.32. The predicted octanol–water partition coefficient (Wildman–Crippen LogP) is 1.16. The molecule has 18 heavy (non-hydrogen) atoms. The fourth-order valence-electron chi connectivity index (χ4n) is 1.50. The van der Waals surface area contributed by atoms with Crippen LogP contribution in [0.25, 0.3) is 0 Å². The Morgan fingerprint density at radius 2 is 2.11 bits per heavy atom. The largest absolute Gasteiger partial charge is 0.310 e. The quantitative estimate of drug-likeness (QED) is 0.600. The van der Waals surface area contributed by atoms with E-state index in [4.69, 9.17) is 11.7 Å². The third kappa shape index (κ3) is 4.29. The lowest BCUT2D eigenvalue weighted by Gasteiger charge is -2.21. The molecule has 0 bridgehead atoms. The van der Waals surface area contributed by atoms with Crippen LogP contribution in [0.15, 0.2) is 30.3 Å². The fourth-order valence-corrected chi connectivity index (χ4v) is 1.50. The van der Waals surface area contributed by atoms with Crippen LogP contribution in [0.3, 0.4) is 0 Å². The number of hydrogen-bond donors (Lipinski definition) is 1. The van der Waals surface area contributed by atoms with Gasteiger partial charge in [-0.1, -0.05) is 24.1 Å². The fraction of sp³-hybridized carbons (Fsp3) is 0.286. The Hall–Kier alpha value is -2.30. The molecule has 0 aliphatic heterocycles. The third-order valence-electron chi connectivity index (χ3n) is 2.32. The van der Waals surface area contributed by atoms with E-state index in [1.54, 1.807) is 4.90 Å². The van der Waals surface area contributed by atoms with Gasteiger partial charge in [-0.3, -0.25) is 10.1 Å². The van der Waals surface area contributed by atoms with Crippen molar-refractivity contribution in [2.24, 2.45) is 0 Å².